The van der Waals surface area contributed by atoms with Crippen LogP contribution >= 0.6 is 0 Å². The van der Waals surface area contributed by atoms with Crippen LogP contribution in [0.15, 0.2) is 54.2 Å². The summed E-state index contributed by atoms with van der Waals surface area (Å²) in [7, 11) is 0. The molecule has 140 valence electrons. The third kappa shape index (κ3) is 6.39. The minimum absolute atomic E-state index is 0.0946. The Labute approximate surface area is 156 Å². The molecule has 2 aromatic rings. The van der Waals surface area contributed by atoms with E-state index in [-0.39, 0.29) is 11.4 Å². The van der Waals surface area contributed by atoms with Crippen LogP contribution in [0, 0.1) is 12.7 Å². The van der Waals surface area contributed by atoms with E-state index < -0.39 is 30.2 Å². The van der Waals surface area contributed by atoms with Gasteiger partial charge in [-0.15, -0.1) is 0 Å². The minimum atomic E-state index is -0.862. The average molecular weight is 370 g/mol. The molecule has 0 aromatic heterocycles. The molecule has 7 heteroatoms. The van der Waals surface area contributed by atoms with Crippen molar-refractivity contribution in [2.75, 3.05) is 11.9 Å². The largest absolute Gasteiger partial charge is 0.451 e. The van der Waals surface area contributed by atoms with Gasteiger partial charge in [0.1, 0.15) is 11.5 Å². The summed E-state index contributed by atoms with van der Waals surface area (Å²) in [6.45, 7) is 2.27. The Morgan fingerprint density at radius 3 is 2.44 bits per heavy atom. The second-order valence-electron chi connectivity index (χ2n) is 5.74. The van der Waals surface area contributed by atoms with E-state index in [1.54, 1.807) is 31.2 Å². The summed E-state index contributed by atoms with van der Waals surface area (Å²) < 4.78 is 18.4. The number of carbonyl (C=O) groups excluding carboxylic acids is 3. The van der Waals surface area contributed by atoms with Gasteiger partial charge in [-0.3, -0.25) is 9.59 Å². The molecule has 0 radical (unpaired) electrons. The van der Waals surface area contributed by atoms with Crippen molar-refractivity contribution in [1.29, 1.82) is 0 Å². The lowest BCUT2D eigenvalue weighted by molar-refractivity contribution is -0.144. The van der Waals surface area contributed by atoms with Crippen LogP contribution in [0.3, 0.4) is 0 Å². The van der Waals surface area contributed by atoms with Gasteiger partial charge >= 0.3 is 5.97 Å². The van der Waals surface area contributed by atoms with Gasteiger partial charge in [-0.1, -0.05) is 36.4 Å². The Morgan fingerprint density at radius 2 is 1.81 bits per heavy atom. The smallest absolute Gasteiger partial charge is 0.355 e. The number of amides is 2. The van der Waals surface area contributed by atoms with Crippen molar-refractivity contribution < 1.29 is 23.5 Å². The number of aryl methyl sites for hydroxylation is 1. The van der Waals surface area contributed by atoms with Crippen molar-refractivity contribution >= 4 is 29.5 Å². The van der Waals surface area contributed by atoms with E-state index >= 15 is 0 Å². The van der Waals surface area contributed by atoms with Gasteiger partial charge in [0.25, 0.3) is 5.91 Å². The number of halogens is 1. The SMILES string of the molecule is CC(=O)N/C(=C/c1ccccc1)C(=O)OCC(=O)Nc1ccc(C)c(F)c1. The van der Waals surface area contributed by atoms with Crippen LogP contribution in [0.5, 0.6) is 0 Å². The summed E-state index contributed by atoms with van der Waals surface area (Å²) in [5.41, 5.74) is 1.28. The molecule has 27 heavy (non-hydrogen) atoms. The fourth-order valence-electron chi connectivity index (χ4n) is 2.13. The zero-order valence-corrected chi connectivity index (χ0v) is 14.9. The maximum atomic E-state index is 13.5. The Kier molecular flexibility index (Phi) is 6.82. The zero-order valence-electron chi connectivity index (χ0n) is 14.9. The molecule has 2 rings (SSSR count). The quantitative estimate of drug-likeness (QED) is 0.605. The molecular weight excluding hydrogens is 351 g/mol. The van der Waals surface area contributed by atoms with Gasteiger partial charge in [-0.05, 0) is 36.3 Å². The molecule has 2 aromatic carbocycles. The molecule has 0 bridgehead atoms. The van der Waals surface area contributed by atoms with Gasteiger partial charge in [0.05, 0.1) is 0 Å². The predicted molar refractivity (Wildman–Crippen MR) is 99.0 cm³/mol. The molecule has 6 nitrogen and oxygen atoms in total. The number of hydrogen-bond acceptors (Lipinski definition) is 4. The molecule has 0 spiro atoms. The maximum absolute atomic E-state index is 13.5. The van der Waals surface area contributed by atoms with Crippen LogP contribution in [-0.4, -0.2) is 24.4 Å². The van der Waals surface area contributed by atoms with Gasteiger partial charge in [-0.2, -0.15) is 0 Å². The van der Waals surface area contributed by atoms with Crippen LogP contribution in [0.1, 0.15) is 18.1 Å². The lowest BCUT2D eigenvalue weighted by Gasteiger charge is -2.10. The van der Waals surface area contributed by atoms with Gasteiger partial charge in [0.2, 0.25) is 5.91 Å². The molecule has 0 fully saturated rings. The third-order valence-electron chi connectivity index (χ3n) is 3.43. The second kappa shape index (κ2) is 9.28. The Morgan fingerprint density at radius 1 is 1.11 bits per heavy atom. The van der Waals surface area contributed by atoms with Gasteiger partial charge in [0, 0.05) is 12.6 Å². The van der Waals surface area contributed by atoms with Gasteiger partial charge in [0.15, 0.2) is 6.61 Å². The molecule has 2 amide bonds. The maximum Gasteiger partial charge on any atom is 0.355 e. The lowest BCUT2D eigenvalue weighted by Crippen LogP contribution is -2.28. The summed E-state index contributed by atoms with van der Waals surface area (Å²) in [5.74, 6) is -2.40. The van der Waals surface area contributed by atoms with Gasteiger partial charge in [-0.25, -0.2) is 9.18 Å². The van der Waals surface area contributed by atoms with E-state index in [9.17, 15) is 18.8 Å². The predicted octanol–water partition coefficient (Wildman–Crippen LogP) is 2.79. The van der Waals surface area contributed by atoms with E-state index in [2.05, 4.69) is 10.6 Å². The van der Waals surface area contributed by atoms with Crippen molar-refractivity contribution in [3.05, 3.63) is 71.2 Å². The monoisotopic (exact) mass is 370 g/mol. The van der Waals surface area contributed by atoms with E-state index in [1.807, 2.05) is 6.07 Å². The van der Waals surface area contributed by atoms with Crippen molar-refractivity contribution in [3.8, 4) is 0 Å². The molecule has 0 unspecified atom stereocenters. The van der Waals surface area contributed by atoms with Gasteiger partial charge < -0.3 is 15.4 Å². The summed E-state index contributed by atoms with van der Waals surface area (Å²) in [6.07, 6.45) is 1.44. The topological polar surface area (TPSA) is 84.5 Å². The molecular formula is C20H19FN2O4. The number of rotatable bonds is 6. The fourth-order valence-corrected chi connectivity index (χ4v) is 2.13. The normalized spacial score (nSPS) is 10.9. The average Bonchev–Trinajstić information content (AvgIpc) is 2.63. The molecule has 2 N–H and O–H groups in total. The molecule has 0 atom stereocenters. The summed E-state index contributed by atoms with van der Waals surface area (Å²) in [6, 6.07) is 13.1. The van der Waals surface area contributed by atoms with E-state index in [1.165, 1.54) is 31.2 Å². The first-order chi connectivity index (χ1) is 12.8. The highest BCUT2D eigenvalue weighted by molar-refractivity contribution is 5.99. The molecule has 0 heterocycles. The molecule has 0 aliphatic carbocycles. The molecule has 0 saturated heterocycles. The summed E-state index contributed by atoms with van der Waals surface area (Å²) in [5, 5.41) is 4.81. The second-order valence-corrected chi connectivity index (χ2v) is 5.74. The zero-order chi connectivity index (χ0) is 19.8. The first-order valence-electron chi connectivity index (χ1n) is 8.12. The fraction of sp³-hybridized carbons (Fsp3) is 0.150. The van der Waals surface area contributed by atoms with E-state index in [4.69, 9.17) is 4.74 Å². The molecule has 0 aliphatic heterocycles. The van der Waals surface area contributed by atoms with Crippen LogP contribution in [0.25, 0.3) is 6.08 Å². The standard InChI is InChI=1S/C20H19FN2O4/c1-13-8-9-16(11-17(13)21)23-19(25)12-27-20(26)18(22-14(2)24)10-15-6-4-3-5-7-15/h3-11H,12H2,1-2H3,(H,22,24)(H,23,25)/b18-10+. The Balaban J connectivity index is 2.00. The molecule has 0 aliphatic rings. The molecule has 0 saturated carbocycles. The van der Waals surface area contributed by atoms with E-state index in [0.29, 0.717) is 11.1 Å². The van der Waals surface area contributed by atoms with Crippen molar-refractivity contribution in [2.45, 2.75) is 13.8 Å². The van der Waals surface area contributed by atoms with Crippen molar-refractivity contribution in [1.82, 2.24) is 5.32 Å². The number of hydrogen-bond donors (Lipinski definition) is 2. The first kappa shape index (κ1) is 19.8. The van der Waals surface area contributed by atoms with Crippen LogP contribution in [0.2, 0.25) is 0 Å². The highest BCUT2D eigenvalue weighted by Gasteiger charge is 2.15. The first-order valence-corrected chi connectivity index (χ1v) is 8.12. The number of anilines is 1. The summed E-state index contributed by atoms with van der Waals surface area (Å²) in [4.78, 5) is 35.4. The Bertz CT molecular complexity index is 879. The minimum Gasteiger partial charge on any atom is -0.451 e. The number of nitrogens with one attached hydrogen (secondary N) is 2. The number of benzene rings is 2. The van der Waals surface area contributed by atoms with Crippen LogP contribution in [0.4, 0.5) is 10.1 Å². The van der Waals surface area contributed by atoms with Crippen LogP contribution in [-0.2, 0) is 19.1 Å². The van der Waals surface area contributed by atoms with Crippen LogP contribution < -0.4 is 10.6 Å². The number of ether oxygens (including phenoxy) is 1. The summed E-state index contributed by atoms with van der Waals surface area (Å²) >= 11 is 0. The lowest BCUT2D eigenvalue weighted by atomic mass is 10.2. The Hall–Kier alpha value is -3.48. The highest BCUT2D eigenvalue weighted by atomic mass is 19.1. The van der Waals surface area contributed by atoms with E-state index in [0.717, 1.165) is 0 Å². The van der Waals surface area contributed by atoms with Crippen molar-refractivity contribution in [2.24, 2.45) is 0 Å². The third-order valence-corrected chi connectivity index (χ3v) is 3.43. The highest BCUT2D eigenvalue weighted by Crippen LogP contribution is 2.13. The number of carbonyl (C=O) groups is 3. The number of esters is 1. The van der Waals surface area contributed by atoms with Crippen molar-refractivity contribution in [3.63, 3.8) is 0 Å².